The summed E-state index contributed by atoms with van der Waals surface area (Å²) in [5, 5.41) is 2.46. The molecule has 8 nitrogen and oxygen atoms in total. The van der Waals surface area contributed by atoms with Gasteiger partial charge in [-0.2, -0.15) is 4.39 Å². The van der Waals surface area contributed by atoms with Crippen LogP contribution in [-0.4, -0.2) is 59.0 Å². The number of halogens is 1. The average Bonchev–Trinajstić information content (AvgIpc) is 3.39. The molecule has 1 saturated heterocycles. The van der Waals surface area contributed by atoms with Crippen LogP contribution in [0.1, 0.15) is 58.9 Å². The van der Waals surface area contributed by atoms with Crippen LogP contribution >= 0.6 is 0 Å². The predicted octanol–water partition coefficient (Wildman–Crippen LogP) is 3.11. The number of amides is 1. The van der Waals surface area contributed by atoms with Gasteiger partial charge in [0, 0.05) is 39.8 Å². The van der Waals surface area contributed by atoms with Gasteiger partial charge in [-0.15, -0.1) is 0 Å². The Balaban J connectivity index is 1.32. The maximum Gasteiger partial charge on any atom is 0.269 e. The van der Waals surface area contributed by atoms with Gasteiger partial charge < -0.3 is 15.2 Å². The number of rotatable bonds is 5. The average molecular weight is 479 g/mol. The molecule has 1 aliphatic carbocycles. The van der Waals surface area contributed by atoms with Crippen molar-refractivity contribution >= 4 is 22.6 Å². The maximum atomic E-state index is 14.6. The quantitative estimate of drug-likeness (QED) is 0.548. The molecular weight excluding hydrogens is 447 g/mol. The second kappa shape index (κ2) is 9.73. The molecule has 0 spiro atoms. The van der Waals surface area contributed by atoms with E-state index >= 15 is 0 Å². The summed E-state index contributed by atoms with van der Waals surface area (Å²) in [6.07, 6.45) is 4.79. The molecule has 1 amide bonds. The van der Waals surface area contributed by atoms with Gasteiger partial charge in [0.05, 0.1) is 16.7 Å². The molecule has 9 heteroatoms. The summed E-state index contributed by atoms with van der Waals surface area (Å²) in [7, 11) is 1.50. The van der Waals surface area contributed by atoms with Crippen molar-refractivity contribution in [1.29, 1.82) is 0 Å². The molecule has 3 aromatic rings. The standard InChI is InChI=1S/C26H31FN6O2/c1-16-25(34)31-21-14-17(13-19(23(21)29-16)18-5-3-4-6-18)15-32-9-11-33(12-10-32)22-8-7-20(26(35)28-2)30-24(22)27/h7-8,13-14,18H,3-6,9-12,15H2,1-2H3,(H,28,35)(H,31,34). The van der Waals surface area contributed by atoms with E-state index in [0.29, 0.717) is 30.4 Å². The van der Waals surface area contributed by atoms with Crippen LogP contribution < -0.4 is 15.8 Å². The van der Waals surface area contributed by atoms with Gasteiger partial charge in [0.2, 0.25) is 5.95 Å². The van der Waals surface area contributed by atoms with E-state index in [1.165, 1.54) is 25.5 Å². The number of pyridine rings is 1. The highest BCUT2D eigenvalue weighted by Gasteiger charge is 2.24. The summed E-state index contributed by atoms with van der Waals surface area (Å²) in [5.74, 6) is -0.540. The highest BCUT2D eigenvalue weighted by Crippen LogP contribution is 2.37. The van der Waals surface area contributed by atoms with Crippen LogP contribution in [0, 0.1) is 12.9 Å². The minimum Gasteiger partial charge on any atom is -0.365 e. The number of hydrogen-bond donors (Lipinski definition) is 2. The Morgan fingerprint density at radius 3 is 2.57 bits per heavy atom. The Hall–Kier alpha value is -3.33. The Bertz CT molecular complexity index is 1310. The van der Waals surface area contributed by atoms with E-state index in [2.05, 4.69) is 37.3 Å². The van der Waals surface area contributed by atoms with Crippen molar-refractivity contribution in [2.24, 2.45) is 0 Å². The number of aryl methyl sites for hydroxylation is 1. The van der Waals surface area contributed by atoms with Crippen molar-refractivity contribution in [1.82, 2.24) is 25.2 Å². The summed E-state index contributed by atoms with van der Waals surface area (Å²) >= 11 is 0. The molecule has 2 aliphatic rings. The zero-order valence-corrected chi connectivity index (χ0v) is 20.2. The molecule has 0 radical (unpaired) electrons. The van der Waals surface area contributed by atoms with Gasteiger partial charge in [-0.25, -0.2) is 9.97 Å². The monoisotopic (exact) mass is 478 g/mol. The Morgan fingerprint density at radius 1 is 1.14 bits per heavy atom. The molecule has 1 saturated carbocycles. The molecule has 2 N–H and O–H groups in total. The molecule has 5 rings (SSSR count). The Labute approximate surface area is 203 Å². The molecular formula is C26H31FN6O2. The summed E-state index contributed by atoms with van der Waals surface area (Å²) in [6, 6.07) is 7.51. The largest absolute Gasteiger partial charge is 0.365 e. The molecule has 184 valence electrons. The number of carbonyl (C=O) groups excluding carboxylic acids is 1. The minimum absolute atomic E-state index is 0.0736. The number of aromatic nitrogens is 3. The van der Waals surface area contributed by atoms with Gasteiger partial charge in [0.25, 0.3) is 11.5 Å². The lowest BCUT2D eigenvalue weighted by Gasteiger charge is -2.36. The van der Waals surface area contributed by atoms with Gasteiger partial charge in [0.1, 0.15) is 11.4 Å². The fourth-order valence-corrected chi connectivity index (χ4v) is 5.33. The summed E-state index contributed by atoms with van der Waals surface area (Å²) < 4.78 is 14.6. The fraction of sp³-hybridized carbons (Fsp3) is 0.462. The molecule has 0 atom stereocenters. The van der Waals surface area contributed by atoms with E-state index in [4.69, 9.17) is 0 Å². The van der Waals surface area contributed by atoms with E-state index in [9.17, 15) is 14.0 Å². The first-order valence-corrected chi connectivity index (χ1v) is 12.3. The van der Waals surface area contributed by atoms with E-state index < -0.39 is 11.9 Å². The predicted molar refractivity (Wildman–Crippen MR) is 133 cm³/mol. The van der Waals surface area contributed by atoms with Crippen LogP contribution in [0.15, 0.2) is 29.1 Å². The molecule has 2 fully saturated rings. The third kappa shape index (κ3) is 4.77. The van der Waals surface area contributed by atoms with E-state index in [-0.39, 0.29) is 11.3 Å². The van der Waals surface area contributed by atoms with E-state index in [1.807, 2.05) is 4.90 Å². The molecule has 1 aromatic carbocycles. The second-order valence-electron chi connectivity index (χ2n) is 9.56. The first-order chi connectivity index (χ1) is 16.9. The smallest absolute Gasteiger partial charge is 0.269 e. The molecule has 1 aliphatic heterocycles. The summed E-state index contributed by atoms with van der Waals surface area (Å²) in [4.78, 5) is 39.8. The molecule has 0 unspecified atom stereocenters. The number of hydrogen-bond acceptors (Lipinski definition) is 6. The van der Waals surface area contributed by atoms with Gasteiger partial charge >= 0.3 is 0 Å². The van der Waals surface area contributed by atoms with Crippen molar-refractivity contribution in [3.05, 3.63) is 63.1 Å². The molecule has 35 heavy (non-hydrogen) atoms. The maximum absolute atomic E-state index is 14.6. The SMILES string of the molecule is CNC(=O)c1ccc(N2CCN(Cc3cc(C4CCCC4)c4nc(C)c(=O)[nH]c4c3)CC2)c(F)n1. The number of fused-ring (bicyclic) bond motifs is 1. The van der Waals surface area contributed by atoms with Crippen molar-refractivity contribution in [3.63, 3.8) is 0 Å². The first kappa shape index (κ1) is 23.4. The summed E-state index contributed by atoms with van der Waals surface area (Å²) in [6.45, 7) is 5.40. The number of nitrogens with one attached hydrogen (secondary N) is 2. The topological polar surface area (TPSA) is 94.2 Å². The second-order valence-corrected chi connectivity index (χ2v) is 9.56. The number of benzene rings is 1. The van der Waals surface area contributed by atoms with Gasteiger partial charge in [-0.3, -0.25) is 14.5 Å². The number of aromatic amines is 1. The van der Waals surface area contributed by atoms with Crippen LogP contribution in [0.25, 0.3) is 11.0 Å². The van der Waals surface area contributed by atoms with Crippen molar-refractivity contribution < 1.29 is 9.18 Å². The van der Waals surface area contributed by atoms with Gasteiger partial charge in [-0.1, -0.05) is 18.9 Å². The number of H-pyrrole nitrogens is 1. The third-order valence-corrected chi connectivity index (χ3v) is 7.26. The highest BCUT2D eigenvalue weighted by atomic mass is 19.1. The highest BCUT2D eigenvalue weighted by molar-refractivity contribution is 5.92. The summed E-state index contributed by atoms with van der Waals surface area (Å²) in [5.41, 5.74) is 5.00. The number of nitrogens with zero attached hydrogens (tertiary/aromatic N) is 4. The van der Waals surface area contributed by atoms with Crippen LogP contribution in [0.2, 0.25) is 0 Å². The van der Waals surface area contributed by atoms with Crippen LogP contribution in [0.4, 0.5) is 10.1 Å². The van der Waals surface area contributed by atoms with Gasteiger partial charge in [0.15, 0.2) is 0 Å². The first-order valence-electron chi connectivity index (χ1n) is 12.3. The lowest BCUT2D eigenvalue weighted by molar-refractivity contribution is 0.0957. The van der Waals surface area contributed by atoms with E-state index in [1.54, 1.807) is 19.1 Å². The van der Waals surface area contributed by atoms with E-state index in [0.717, 1.165) is 49.1 Å². The van der Waals surface area contributed by atoms with Crippen LogP contribution in [-0.2, 0) is 6.54 Å². The van der Waals surface area contributed by atoms with Crippen molar-refractivity contribution in [3.8, 4) is 0 Å². The zero-order chi connectivity index (χ0) is 24.5. The normalized spacial score (nSPS) is 17.3. The number of anilines is 1. The fourth-order valence-electron chi connectivity index (χ4n) is 5.33. The Morgan fingerprint density at radius 2 is 1.89 bits per heavy atom. The molecule has 2 aromatic heterocycles. The number of piperazine rings is 1. The Kier molecular flexibility index (Phi) is 6.51. The molecule has 0 bridgehead atoms. The van der Waals surface area contributed by atoms with Crippen molar-refractivity contribution in [2.75, 3.05) is 38.1 Å². The van der Waals surface area contributed by atoms with Crippen LogP contribution in [0.3, 0.4) is 0 Å². The zero-order valence-electron chi connectivity index (χ0n) is 20.2. The lowest BCUT2D eigenvalue weighted by atomic mass is 9.94. The third-order valence-electron chi connectivity index (χ3n) is 7.26. The lowest BCUT2D eigenvalue weighted by Crippen LogP contribution is -2.46. The van der Waals surface area contributed by atoms with Crippen molar-refractivity contribution in [2.45, 2.75) is 45.1 Å². The number of carbonyl (C=O) groups is 1. The molecule has 3 heterocycles. The van der Waals surface area contributed by atoms with Crippen LogP contribution in [0.5, 0.6) is 0 Å². The minimum atomic E-state index is -0.623. The van der Waals surface area contributed by atoms with Gasteiger partial charge in [-0.05, 0) is 55.0 Å².